The zero-order valence-corrected chi connectivity index (χ0v) is 9.10. The summed E-state index contributed by atoms with van der Waals surface area (Å²) in [7, 11) is 0. The Labute approximate surface area is 96.6 Å². The van der Waals surface area contributed by atoms with Crippen molar-refractivity contribution in [2.24, 2.45) is 15.9 Å². The summed E-state index contributed by atoms with van der Waals surface area (Å²) in [4.78, 5) is 18.7. The number of carbonyl (C=O) groups is 1. The molecule has 0 aromatic heterocycles. The van der Waals surface area contributed by atoms with E-state index in [1.165, 1.54) is 6.21 Å². The van der Waals surface area contributed by atoms with Gasteiger partial charge in [-0.15, -0.1) is 12.4 Å². The lowest BCUT2D eigenvalue weighted by atomic mass is 9.96. The van der Waals surface area contributed by atoms with Crippen molar-refractivity contribution in [1.82, 2.24) is 0 Å². The summed E-state index contributed by atoms with van der Waals surface area (Å²) in [5, 5.41) is 0.469. The molecule has 0 N–H and O–H groups in total. The van der Waals surface area contributed by atoms with Gasteiger partial charge < -0.3 is 0 Å². The SMILES string of the molecule is Cl.O=C1N=CC=C2C=C(Cl)N=C(Cl)C12. The van der Waals surface area contributed by atoms with E-state index in [-0.39, 0.29) is 28.6 Å². The van der Waals surface area contributed by atoms with E-state index in [9.17, 15) is 4.79 Å². The van der Waals surface area contributed by atoms with Crippen LogP contribution in [0.5, 0.6) is 0 Å². The molecule has 0 aliphatic carbocycles. The third-order valence-electron chi connectivity index (χ3n) is 1.79. The van der Waals surface area contributed by atoms with E-state index in [2.05, 4.69) is 9.98 Å². The fourth-order valence-corrected chi connectivity index (χ4v) is 1.79. The Bertz CT molecular complexity index is 395. The fourth-order valence-electron chi connectivity index (χ4n) is 1.22. The molecule has 2 heterocycles. The Morgan fingerprint density at radius 1 is 1.36 bits per heavy atom. The van der Waals surface area contributed by atoms with Crippen LogP contribution in [0.4, 0.5) is 0 Å². The molecule has 2 aliphatic rings. The second-order valence-electron chi connectivity index (χ2n) is 2.62. The molecule has 14 heavy (non-hydrogen) atoms. The van der Waals surface area contributed by atoms with E-state index in [0.717, 1.165) is 5.57 Å². The van der Waals surface area contributed by atoms with Crippen molar-refractivity contribution in [2.45, 2.75) is 0 Å². The highest BCUT2D eigenvalue weighted by Crippen LogP contribution is 2.28. The van der Waals surface area contributed by atoms with Crippen LogP contribution >= 0.6 is 35.6 Å². The highest BCUT2D eigenvalue weighted by Gasteiger charge is 2.30. The van der Waals surface area contributed by atoms with Gasteiger partial charge in [0, 0.05) is 6.21 Å². The lowest BCUT2D eigenvalue weighted by Crippen LogP contribution is -2.25. The molecule has 0 spiro atoms. The van der Waals surface area contributed by atoms with Crippen molar-refractivity contribution in [3.8, 4) is 0 Å². The van der Waals surface area contributed by atoms with Crippen molar-refractivity contribution in [3.05, 3.63) is 22.9 Å². The van der Waals surface area contributed by atoms with E-state index < -0.39 is 5.92 Å². The van der Waals surface area contributed by atoms with Gasteiger partial charge in [-0.3, -0.25) is 4.79 Å². The molecule has 0 radical (unpaired) electrons. The summed E-state index contributed by atoms with van der Waals surface area (Å²) in [6, 6.07) is 0. The lowest BCUT2D eigenvalue weighted by Gasteiger charge is -2.18. The second kappa shape index (κ2) is 4.26. The minimum absolute atomic E-state index is 0. The number of amides is 1. The van der Waals surface area contributed by atoms with Crippen molar-refractivity contribution in [3.63, 3.8) is 0 Å². The van der Waals surface area contributed by atoms with Gasteiger partial charge >= 0.3 is 0 Å². The summed E-state index contributed by atoms with van der Waals surface area (Å²) in [6.45, 7) is 0. The van der Waals surface area contributed by atoms with Crippen molar-refractivity contribution in [2.75, 3.05) is 0 Å². The van der Waals surface area contributed by atoms with Gasteiger partial charge in [0.05, 0.1) is 0 Å². The zero-order chi connectivity index (χ0) is 9.42. The maximum Gasteiger partial charge on any atom is 0.260 e. The van der Waals surface area contributed by atoms with E-state index >= 15 is 0 Å². The molecule has 0 fully saturated rings. The molecule has 0 bridgehead atoms. The Morgan fingerprint density at radius 2 is 2.07 bits per heavy atom. The number of carbonyl (C=O) groups excluding carboxylic acids is 1. The van der Waals surface area contributed by atoms with Crippen molar-refractivity contribution < 1.29 is 4.79 Å². The van der Waals surface area contributed by atoms with Gasteiger partial charge in [-0.1, -0.05) is 23.2 Å². The molecule has 0 saturated heterocycles. The predicted molar refractivity (Wildman–Crippen MR) is 59.5 cm³/mol. The maximum absolute atomic E-state index is 11.3. The standard InChI is InChI=1S/C8H4Cl2N2O.ClH/c9-5-3-4-1-2-11-8(13)6(4)7(10)12-5;/h1-3,6H;1H. The smallest absolute Gasteiger partial charge is 0.260 e. The van der Waals surface area contributed by atoms with Gasteiger partial charge in [-0.25, -0.2) is 9.98 Å². The summed E-state index contributed by atoms with van der Waals surface area (Å²) in [5.74, 6) is -0.846. The molecule has 2 rings (SSSR count). The first-order valence-corrected chi connectivity index (χ1v) is 4.33. The monoisotopic (exact) mass is 250 g/mol. The first-order chi connectivity index (χ1) is 6.18. The van der Waals surface area contributed by atoms with Crippen LogP contribution in [0.25, 0.3) is 0 Å². The molecule has 1 amide bonds. The minimum atomic E-state index is -0.547. The Hall–Kier alpha value is -0.640. The van der Waals surface area contributed by atoms with Gasteiger partial charge in [0.2, 0.25) is 0 Å². The van der Waals surface area contributed by atoms with Crippen molar-refractivity contribution in [1.29, 1.82) is 0 Å². The van der Waals surface area contributed by atoms with Crippen molar-refractivity contribution >= 4 is 52.9 Å². The number of halogens is 3. The van der Waals surface area contributed by atoms with E-state index in [0.29, 0.717) is 0 Å². The number of nitrogens with zero attached hydrogens (tertiary/aromatic N) is 2. The third kappa shape index (κ3) is 1.90. The van der Waals surface area contributed by atoms with Crippen LogP contribution in [-0.2, 0) is 4.79 Å². The fraction of sp³-hybridized carbons (Fsp3) is 0.125. The van der Waals surface area contributed by atoms with Gasteiger partial charge in [-0.2, -0.15) is 0 Å². The lowest BCUT2D eigenvalue weighted by molar-refractivity contribution is -0.118. The molecule has 0 aromatic carbocycles. The number of hydrogen-bond acceptors (Lipinski definition) is 2. The largest absolute Gasteiger partial charge is 0.271 e. The average molecular weight is 252 g/mol. The van der Waals surface area contributed by atoms with Crippen LogP contribution in [-0.4, -0.2) is 17.3 Å². The molecule has 0 aromatic rings. The quantitative estimate of drug-likeness (QED) is 0.609. The molecule has 1 unspecified atom stereocenters. The number of allylic oxidation sites excluding steroid dienone is 2. The molecule has 3 nitrogen and oxygen atoms in total. The number of rotatable bonds is 0. The van der Waals surface area contributed by atoms with Crippen LogP contribution < -0.4 is 0 Å². The molecule has 2 aliphatic heterocycles. The van der Waals surface area contributed by atoms with E-state index in [1.807, 2.05) is 0 Å². The number of aliphatic imine (C=N–C) groups is 2. The number of fused-ring (bicyclic) bond motifs is 1. The molecular formula is C8H5Cl3N2O. The van der Waals surface area contributed by atoms with Gasteiger partial charge in [0.15, 0.2) is 0 Å². The topological polar surface area (TPSA) is 41.8 Å². The van der Waals surface area contributed by atoms with Crippen LogP contribution in [0.1, 0.15) is 0 Å². The first-order valence-electron chi connectivity index (χ1n) is 3.58. The predicted octanol–water partition coefficient (Wildman–Crippen LogP) is 2.29. The third-order valence-corrected chi connectivity index (χ3v) is 2.28. The summed E-state index contributed by atoms with van der Waals surface area (Å²) >= 11 is 11.4. The van der Waals surface area contributed by atoms with Crippen LogP contribution in [0.2, 0.25) is 0 Å². The van der Waals surface area contributed by atoms with Crippen LogP contribution in [0, 0.1) is 5.92 Å². The highest BCUT2D eigenvalue weighted by atomic mass is 35.5. The number of dihydropyridines is 1. The summed E-state index contributed by atoms with van der Waals surface area (Å²) in [6.07, 6.45) is 4.75. The first kappa shape index (κ1) is 11.4. The average Bonchev–Trinajstić information content (AvgIpc) is 2.02. The van der Waals surface area contributed by atoms with E-state index in [4.69, 9.17) is 23.2 Å². The molecule has 6 heteroatoms. The summed E-state index contributed by atoms with van der Waals surface area (Å²) in [5.41, 5.74) is 0.741. The normalized spacial score (nSPS) is 24.3. The van der Waals surface area contributed by atoms with Crippen LogP contribution in [0.15, 0.2) is 32.9 Å². The Kier molecular flexibility index (Phi) is 3.48. The summed E-state index contributed by atoms with van der Waals surface area (Å²) < 4.78 is 0. The maximum atomic E-state index is 11.3. The number of hydrogen-bond donors (Lipinski definition) is 0. The molecular weight excluding hydrogens is 246 g/mol. The Morgan fingerprint density at radius 3 is 2.79 bits per heavy atom. The minimum Gasteiger partial charge on any atom is -0.271 e. The van der Waals surface area contributed by atoms with Gasteiger partial charge in [-0.05, 0) is 17.7 Å². The van der Waals surface area contributed by atoms with Gasteiger partial charge in [0.1, 0.15) is 16.2 Å². The Balaban J connectivity index is 0.000000980. The molecule has 74 valence electrons. The molecule has 0 saturated carbocycles. The molecule has 1 atom stereocenters. The van der Waals surface area contributed by atoms with E-state index in [1.54, 1.807) is 12.2 Å². The highest BCUT2D eigenvalue weighted by molar-refractivity contribution is 6.68. The second-order valence-corrected chi connectivity index (χ2v) is 3.39. The van der Waals surface area contributed by atoms with Gasteiger partial charge in [0.25, 0.3) is 5.91 Å². The zero-order valence-electron chi connectivity index (χ0n) is 6.78. The van der Waals surface area contributed by atoms with Crippen LogP contribution in [0.3, 0.4) is 0 Å².